The minimum atomic E-state index is -0.504. The summed E-state index contributed by atoms with van der Waals surface area (Å²) < 4.78 is 10.0. The molecule has 0 atom stereocenters. The molecule has 0 aromatic heterocycles. The Morgan fingerprint density at radius 3 is 2.33 bits per heavy atom. The fourth-order valence-corrected chi connectivity index (χ4v) is 1.16. The molecule has 0 saturated heterocycles. The van der Waals surface area contributed by atoms with Crippen LogP contribution in [0.5, 0.6) is 11.5 Å². The molecule has 0 aliphatic heterocycles. The molecule has 1 amide bonds. The van der Waals surface area contributed by atoms with Crippen LogP contribution in [0.2, 0.25) is 0 Å². The molecule has 0 aliphatic rings. The molecule has 0 fully saturated rings. The van der Waals surface area contributed by atoms with Crippen LogP contribution in [-0.2, 0) is 0 Å². The van der Waals surface area contributed by atoms with Crippen LogP contribution in [0, 0.1) is 0 Å². The number of nitrogens with zero attached hydrogens (tertiary/aromatic N) is 1. The van der Waals surface area contributed by atoms with Crippen LogP contribution in [-0.4, -0.2) is 37.4 Å². The van der Waals surface area contributed by atoms with Crippen molar-refractivity contribution >= 4 is 5.91 Å². The smallest absolute Gasteiger partial charge is 0.277 e. The van der Waals surface area contributed by atoms with Gasteiger partial charge in [-0.3, -0.25) is 10.0 Å². The first-order chi connectivity index (χ1) is 7.10. The van der Waals surface area contributed by atoms with E-state index in [0.717, 1.165) is 0 Å². The summed E-state index contributed by atoms with van der Waals surface area (Å²) in [6.45, 7) is 0. The van der Waals surface area contributed by atoms with Crippen molar-refractivity contribution in [3.63, 3.8) is 0 Å². The fourth-order valence-electron chi connectivity index (χ4n) is 1.16. The number of ether oxygens (including phenoxy) is 2. The van der Waals surface area contributed by atoms with Gasteiger partial charge in [-0.2, -0.15) is 0 Å². The van der Waals surface area contributed by atoms with Gasteiger partial charge in [0.15, 0.2) is 11.5 Å². The van der Waals surface area contributed by atoms with Gasteiger partial charge in [0, 0.05) is 12.6 Å². The molecular weight excluding hydrogens is 198 g/mol. The number of hydroxylamine groups is 2. The van der Waals surface area contributed by atoms with Crippen LogP contribution in [0.25, 0.3) is 0 Å². The van der Waals surface area contributed by atoms with Crippen molar-refractivity contribution in [3.8, 4) is 11.5 Å². The normalized spacial score (nSPS) is 9.60. The Balaban J connectivity index is 3.08. The van der Waals surface area contributed by atoms with Gasteiger partial charge in [0.05, 0.1) is 14.2 Å². The summed E-state index contributed by atoms with van der Waals surface area (Å²) >= 11 is 0. The summed E-state index contributed by atoms with van der Waals surface area (Å²) in [5, 5.41) is 9.49. The van der Waals surface area contributed by atoms with E-state index in [4.69, 9.17) is 14.7 Å². The Morgan fingerprint density at radius 1 is 1.27 bits per heavy atom. The molecule has 5 heteroatoms. The fraction of sp³-hybridized carbons (Fsp3) is 0.300. The van der Waals surface area contributed by atoms with Crippen molar-refractivity contribution in [1.82, 2.24) is 5.06 Å². The molecule has 0 heterocycles. The maximum absolute atomic E-state index is 11.4. The SMILES string of the molecule is COc1ccc(C(=O)N(C)O)cc1OC. The predicted molar refractivity (Wildman–Crippen MR) is 53.4 cm³/mol. The molecule has 0 unspecified atom stereocenters. The zero-order valence-corrected chi connectivity index (χ0v) is 8.85. The highest BCUT2D eigenvalue weighted by molar-refractivity contribution is 5.93. The number of amides is 1. The number of benzene rings is 1. The second-order valence-electron chi connectivity index (χ2n) is 2.90. The third-order valence-electron chi connectivity index (χ3n) is 1.92. The van der Waals surface area contributed by atoms with Crippen molar-refractivity contribution in [2.75, 3.05) is 21.3 Å². The number of rotatable bonds is 3. The summed E-state index contributed by atoms with van der Waals surface area (Å²) in [5.41, 5.74) is 0.331. The number of carbonyl (C=O) groups excluding carboxylic acids is 1. The van der Waals surface area contributed by atoms with Gasteiger partial charge in [0.25, 0.3) is 5.91 Å². The van der Waals surface area contributed by atoms with Crippen LogP contribution >= 0.6 is 0 Å². The van der Waals surface area contributed by atoms with Gasteiger partial charge >= 0.3 is 0 Å². The number of carbonyl (C=O) groups is 1. The van der Waals surface area contributed by atoms with E-state index < -0.39 is 5.91 Å². The van der Waals surface area contributed by atoms with Crippen molar-refractivity contribution in [2.24, 2.45) is 0 Å². The third kappa shape index (κ3) is 2.38. The molecule has 1 aromatic rings. The third-order valence-corrected chi connectivity index (χ3v) is 1.92. The van der Waals surface area contributed by atoms with Crippen molar-refractivity contribution in [1.29, 1.82) is 0 Å². The maximum Gasteiger partial charge on any atom is 0.277 e. The predicted octanol–water partition coefficient (Wildman–Crippen LogP) is 1.17. The van der Waals surface area contributed by atoms with E-state index in [1.54, 1.807) is 12.1 Å². The summed E-state index contributed by atoms with van der Waals surface area (Å²) in [6, 6.07) is 4.67. The van der Waals surface area contributed by atoms with Crippen LogP contribution in [0.4, 0.5) is 0 Å². The van der Waals surface area contributed by atoms with E-state index >= 15 is 0 Å². The van der Waals surface area contributed by atoms with Crippen LogP contribution in [0.3, 0.4) is 0 Å². The molecule has 0 radical (unpaired) electrons. The van der Waals surface area contributed by atoms with Crippen LogP contribution < -0.4 is 9.47 Å². The largest absolute Gasteiger partial charge is 0.493 e. The Bertz CT molecular complexity index is 362. The highest BCUT2D eigenvalue weighted by Gasteiger charge is 2.12. The van der Waals surface area contributed by atoms with Gasteiger partial charge < -0.3 is 9.47 Å². The topological polar surface area (TPSA) is 59.0 Å². The highest BCUT2D eigenvalue weighted by Crippen LogP contribution is 2.27. The molecule has 0 saturated carbocycles. The van der Waals surface area contributed by atoms with E-state index in [0.29, 0.717) is 22.1 Å². The summed E-state index contributed by atoms with van der Waals surface area (Å²) in [6.07, 6.45) is 0. The first kappa shape index (κ1) is 11.3. The number of hydrogen-bond acceptors (Lipinski definition) is 4. The molecule has 1 N–H and O–H groups in total. The van der Waals surface area contributed by atoms with Gasteiger partial charge in [0.2, 0.25) is 0 Å². The maximum atomic E-state index is 11.4. The van der Waals surface area contributed by atoms with Gasteiger partial charge in [-0.05, 0) is 18.2 Å². The average molecular weight is 211 g/mol. The highest BCUT2D eigenvalue weighted by atomic mass is 16.5. The van der Waals surface area contributed by atoms with Gasteiger partial charge in [-0.1, -0.05) is 0 Å². The van der Waals surface area contributed by atoms with Crippen molar-refractivity contribution in [2.45, 2.75) is 0 Å². The van der Waals surface area contributed by atoms with E-state index in [1.165, 1.54) is 27.3 Å². The molecule has 0 bridgehead atoms. The zero-order chi connectivity index (χ0) is 11.4. The second kappa shape index (κ2) is 4.65. The molecular formula is C10H13NO4. The van der Waals surface area contributed by atoms with Crippen molar-refractivity contribution < 1.29 is 19.5 Å². The van der Waals surface area contributed by atoms with E-state index in [1.807, 2.05) is 0 Å². The van der Waals surface area contributed by atoms with Gasteiger partial charge in [-0.15, -0.1) is 0 Å². The van der Waals surface area contributed by atoms with E-state index in [-0.39, 0.29) is 0 Å². The molecule has 15 heavy (non-hydrogen) atoms. The molecule has 1 aromatic carbocycles. The monoisotopic (exact) mass is 211 g/mol. The lowest BCUT2D eigenvalue weighted by molar-refractivity contribution is -0.0375. The minimum absolute atomic E-state index is 0.331. The molecule has 0 spiro atoms. The molecule has 5 nitrogen and oxygen atoms in total. The van der Waals surface area contributed by atoms with E-state index in [2.05, 4.69) is 0 Å². The Kier molecular flexibility index (Phi) is 3.51. The lowest BCUT2D eigenvalue weighted by Gasteiger charge is -2.11. The lowest BCUT2D eigenvalue weighted by Crippen LogP contribution is -2.22. The van der Waals surface area contributed by atoms with Gasteiger partial charge in [-0.25, -0.2) is 5.06 Å². The Morgan fingerprint density at radius 2 is 1.87 bits per heavy atom. The zero-order valence-electron chi connectivity index (χ0n) is 8.85. The number of hydrogen-bond donors (Lipinski definition) is 1. The summed E-state index contributed by atoms with van der Waals surface area (Å²) in [5.74, 6) is 0.482. The quantitative estimate of drug-likeness (QED) is 0.602. The summed E-state index contributed by atoms with van der Waals surface area (Å²) in [4.78, 5) is 11.4. The summed E-state index contributed by atoms with van der Waals surface area (Å²) in [7, 11) is 4.26. The second-order valence-corrected chi connectivity index (χ2v) is 2.90. The standard InChI is InChI=1S/C10H13NO4/c1-11(13)10(12)7-4-5-8(14-2)9(6-7)15-3/h4-6,13H,1-3H3. The minimum Gasteiger partial charge on any atom is -0.493 e. The van der Waals surface area contributed by atoms with Gasteiger partial charge in [0.1, 0.15) is 0 Å². The molecule has 1 rings (SSSR count). The van der Waals surface area contributed by atoms with Crippen LogP contribution in [0.1, 0.15) is 10.4 Å². The van der Waals surface area contributed by atoms with Crippen LogP contribution in [0.15, 0.2) is 18.2 Å². The lowest BCUT2D eigenvalue weighted by atomic mass is 10.2. The first-order valence-corrected chi connectivity index (χ1v) is 4.29. The first-order valence-electron chi connectivity index (χ1n) is 4.29. The molecule has 0 aliphatic carbocycles. The van der Waals surface area contributed by atoms with Crippen molar-refractivity contribution in [3.05, 3.63) is 23.8 Å². The Hall–Kier alpha value is -1.75. The average Bonchev–Trinajstić information content (AvgIpc) is 2.26. The molecule has 82 valence electrons. The Labute approximate surface area is 87.8 Å². The number of methoxy groups -OCH3 is 2. The van der Waals surface area contributed by atoms with E-state index in [9.17, 15) is 4.79 Å².